The van der Waals surface area contributed by atoms with Gasteiger partial charge in [0, 0.05) is 17.8 Å². The minimum absolute atomic E-state index is 0.0427. The van der Waals surface area contributed by atoms with Crippen LogP contribution in [-0.2, 0) is 0 Å². The van der Waals surface area contributed by atoms with Crippen molar-refractivity contribution in [1.29, 1.82) is 0 Å². The molecular weight excluding hydrogens is 272 g/mol. The maximum absolute atomic E-state index is 12.6. The fraction of sp³-hybridized carbons (Fsp3) is 0.250. The molecule has 1 saturated heterocycles. The molecule has 1 atom stereocenters. The Labute approximate surface area is 123 Å². The predicted molar refractivity (Wildman–Crippen MR) is 78.7 cm³/mol. The summed E-state index contributed by atoms with van der Waals surface area (Å²) < 4.78 is 0. The molecule has 4 heteroatoms. The van der Waals surface area contributed by atoms with E-state index in [0.717, 1.165) is 19.4 Å². The third kappa shape index (κ3) is 2.54. The van der Waals surface area contributed by atoms with Crippen LogP contribution in [0.1, 0.15) is 34.9 Å². The monoisotopic (exact) mass is 286 g/mol. The zero-order valence-electron chi connectivity index (χ0n) is 11.0. The molecule has 3 nitrogen and oxygen atoms in total. The molecule has 1 aliphatic heterocycles. The van der Waals surface area contributed by atoms with Gasteiger partial charge in [0.25, 0.3) is 5.91 Å². The van der Waals surface area contributed by atoms with Crippen LogP contribution in [0.5, 0.6) is 0 Å². The van der Waals surface area contributed by atoms with Crippen molar-refractivity contribution in [3.8, 4) is 0 Å². The lowest BCUT2D eigenvalue weighted by atomic mass is 10.0. The number of rotatable bonds is 2. The van der Waals surface area contributed by atoms with E-state index in [1.807, 2.05) is 23.1 Å². The third-order valence-corrected chi connectivity index (χ3v) is 3.87. The first-order chi connectivity index (χ1) is 9.75. The predicted octanol–water partition coefficient (Wildman–Crippen LogP) is 3.71. The highest BCUT2D eigenvalue weighted by Crippen LogP contribution is 2.32. The quantitative estimate of drug-likeness (QED) is 0.843. The van der Waals surface area contributed by atoms with Gasteiger partial charge in [-0.2, -0.15) is 0 Å². The van der Waals surface area contributed by atoms with Crippen molar-refractivity contribution in [2.24, 2.45) is 0 Å². The van der Waals surface area contributed by atoms with E-state index in [1.54, 1.807) is 18.3 Å². The molecular formula is C16H15ClN2O. The van der Waals surface area contributed by atoms with E-state index >= 15 is 0 Å². The highest BCUT2D eigenvalue weighted by Gasteiger charge is 2.31. The number of likely N-dealkylation sites (tertiary alicyclic amines) is 1. The fourth-order valence-electron chi connectivity index (χ4n) is 2.70. The molecule has 3 rings (SSSR count). The van der Waals surface area contributed by atoms with Crippen LogP contribution in [0.25, 0.3) is 0 Å². The molecule has 1 unspecified atom stereocenters. The number of amides is 1. The summed E-state index contributed by atoms with van der Waals surface area (Å²) in [5.41, 5.74) is 1.60. The van der Waals surface area contributed by atoms with Crippen molar-refractivity contribution < 1.29 is 4.79 Å². The minimum Gasteiger partial charge on any atom is -0.330 e. The summed E-state index contributed by atoms with van der Waals surface area (Å²) in [5.74, 6) is -0.0427. The van der Waals surface area contributed by atoms with E-state index < -0.39 is 0 Å². The molecule has 1 amide bonds. The van der Waals surface area contributed by atoms with Gasteiger partial charge in [-0.05, 0) is 30.5 Å². The van der Waals surface area contributed by atoms with Crippen molar-refractivity contribution >= 4 is 17.5 Å². The van der Waals surface area contributed by atoms with Gasteiger partial charge in [-0.25, -0.2) is 0 Å². The van der Waals surface area contributed by atoms with Crippen molar-refractivity contribution in [2.75, 3.05) is 6.54 Å². The minimum atomic E-state index is -0.0427. The van der Waals surface area contributed by atoms with Gasteiger partial charge in [0.2, 0.25) is 0 Å². The molecule has 102 valence electrons. The van der Waals surface area contributed by atoms with E-state index in [1.165, 1.54) is 5.56 Å². The second kappa shape index (κ2) is 5.63. The van der Waals surface area contributed by atoms with Gasteiger partial charge in [0.15, 0.2) is 0 Å². The molecule has 2 heterocycles. The van der Waals surface area contributed by atoms with Crippen LogP contribution < -0.4 is 0 Å². The average Bonchev–Trinajstić information content (AvgIpc) is 2.97. The van der Waals surface area contributed by atoms with Gasteiger partial charge in [0.05, 0.1) is 6.04 Å². The molecule has 0 aliphatic carbocycles. The fourth-order valence-corrected chi connectivity index (χ4v) is 2.86. The molecule has 0 saturated carbocycles. The van der Waals surface area contributed by atoms with Gasteiger partial charge in [-0.15, -0.1) is 0 Å². The van der Waals surface area contributed by atoms with Gasteiger partial charge in [-0.3, -0.25) is 9.78 Å². The van der Waals surface area contributed by atoms with Crippen LogP contribution in [-0.4, -0.2) is 22.3 Å². The van der Waals surface area contributed by atoms with Crippen LogP contribution in [0.2, 0.25) is 5.02 Å². The van der Waals surface area contributed by atoms with E-state index in [4.69, 9.17) is 11.6 Å². The average molecular weight is 287 g/mol. The lowest BCUT2D eigenvalue weighted by molar-refractivity contribution is 0.0729. The Morgan fingerprint density at radius 3 is 2.80 bits per heavy atom. The smallest absolute Gasteiger partial charge is 0.273 e. The lowest BCUT2D eigenvalue weighted by Gasteiger charge is -2.24. The van der Waals surface area contributed by atoms with E-state index in [-0.39, 0.29) is 11.9 Å². The van der Waals surface area contributed by atoms with Crippen LogP contribution in [0.15, 0.2) is 48.7 Å². The first kappa shape index (κ1) is 13.1. The van der Waals surface area contributed by atoms with Crippen LogP contribution in [0, 0.1) is 0 Å². The largest absolute Gasteiger partial charge is 0.330 e. The van der Waals surface area contributed by atoms with Gasteiger partial charge < -0.3 is 4.90 Å². The molecule has 0 N–H and O–H groups in total. The molecule has 0 radical (unpaired) electrons. The lowest BCUT2D eigenvalue weighted by Crippen LogP contribution is -2.31. The number of nitrogens with zero attached hydrogens (tertiary/aromatic N) is 2. The Balaban J connectivity index is 1.87. The summed E-state index contributed by atoms with van der Waals surface area (Å²) in [4.78, 5) is 18.6. The second-order valence-corrected chi connectivity index (χ2v) is 5.36. The van der Waals surface area contributed by atoms with Crippen molar-refractivity contribution in [1.82, 2.24) is 9.88 Å². The van der Waals surface area contributed by atoms with E-state index in [0.29, 0.717) is 10.7 Å². The van der Waals surface area contributed by atoms with Crippen LogP contribution >= 0.6 is 11.6 Å². The summed E-state index contributed by atoms with van der Waals surface area (Å²) in [6.45, 7) is 0.770. The summed E-state index contributed by atoms with van der Waals surface area (Å²) in [7, 11) is 0. The molecule has 1 aromatic carbocycles. The zero-order chi connectivity index (χ0) is 13.9. The number of hydrogen-bond donors (Lipinski definition) is 0. The maximum Gasteiger partial charge on any atom is 0.273 e. The SMILES string of the molecule is O=C(c1cc(Cl)ccn1)N1CCCC1c1ccccc1. The summed E-state index contributed by atoms with van der Waals surface area (Å²) in [5, 5.41) is 0.541. The molecule has 0 bridgehead atoms. The third-order valence-electron chi connectivity index (χ3n) is 3.64. The van der Waals surface area contributed by atoms with E-state index in [9.17, 15) is 4.79 Å². The molecule has 2 aromatic rings. The molecule has 1 fully saturated rings. The molecule has 1 aromatic heterocycles. The number of benzene rings is 1. The Hall–Kier alpha value is -1.87. The number of carbonyl (C=O) groups excluding carboxylic acids is 1. The van der Waals surface area contributed by atoms with Crippen molar-refractivity contribution in [3.05, 3.63) is 64.9 Å². The first-order valence-corrected chi connectivity index (χ1v) is 7.11. The van der Waals surface area contributed by atoms with Crippen molar-refractivity contribution in [2.45, 2.75) is 18.9 Å². The van der Waals surface area contributed by atoms with Gasteiger partial charge in [-0.1, -0.05) is 41.9 Å². The zero-order valence-corrected chi connectivity index (χ0v) is 11.8. The topological polar surface area (TPSA) is 33.2 Å². The Bertz CT molecular complexity index is 615. The number of halogens is 1. The number of carbonyl (C=O) groups is 1. The molecule has 20 heavy (non-hydrogen) atoms. The highest BCUT2D eigenvalue weighted by atomic mass is 35.5. The standard InChI is InChI=1S/C16H15ClN2O/c17-13-8-9-18-14(11-13)16(20)19-10-4-7-15(19)12-5-2-1-3-6-12/h1-3,5-6,8-9,11,15H,4,7,10H2. The van der Waals surface area contributed by atoms with Crippen LogP contribution in [0.4, 0.5) is 0 Å². The maximum atomic E-state index is 12.6. The van der Waals surface area contributed by atoms with Gasteiger partial charge >= 0.3 is 0 Å². The summed E-state index contributed by atoms with van der Waals surface area (Å²) >= 11 is 5.94. The Morgan fingerprint density at radius 2 is 2.05 bits per heavy atom. The van der Waals surface area contributed by atoms with Gasteiger partial charge in [0.1, 0.15) is 5.69 Å². The van der Waals surface area contributed by atoms with Crippen LogP contribution in [0.3, 0.4) is 0 Å². The molecule has 1 aliphatic rings. The van der Waals surface area contributed by atoms with Crippen molar-refractivity contribution in [3.63, 3.8) is 0 Å². The number of hydrogen-bond acceptors (Lipinski definition) is 2. The summed E-state index contributed by atoms with van der Waals surface area (Å²) in [6.07, 6.45) is 3.59. The summed E-state index contributed by atoms with van der Waals surface area (Å²) in [6, 6.07) is 13.6. The number of aromatic nitrogens is 1. The normalized spacial score (nSPS) is 18.2. The van der Waals surface area contributed by atoms with E-state index in [2.05, 4.69) is 17.1 Å². The first-order valence-electron chi connectivity index (χ1n) is 6.73. The Kier molecular flexibility index (Phi) is 3.70. The second-order valence-electron chi connectivity index (χ2n) is 4.93. The molecule has 0 spiro atoms. The number of pyridine rings is 1. The Morgan fingerprint density at radius 1 is 1.25 bits per heavy atom. The highest BCUT2D eigenvalue weighted by molar-refractivity contribution is 6.30.